The molecule has 15 heavy (non-hydrogen) atoms. The summed E-state index contributed by atoms with van der Waals surface area (Å²) in [5.74, 6) is 1.85. The summed E-state index contributed by atoms with van der Waals surface area (Å²) in [5.41, 5.74) is 6.04. The summed E-state index contributed by atoms with van der Waals surface area (Å²) in [6.45, 7) is 0. The normalized spacial score (nSPS) is 51.9. The van der Waals surface area contributed by atoms with Crippen LogP contribution in [-0.4, -0.2) is 12.0 Å². The van der Waals surface area contributed by atoms with Crippen LogP contribution in [0.3, 0.4) is 0 Å². The molecule has 0 aromatic carbocycles. The van der Waals surface area contributed by atoms with Crippen LogP contribution in [0.1, 0.15) is 32.1 Å². The highest BCUT2D eigenvalue weighted by Crippen LogP contribution is 2.60. The highest BCUT2D eigenvalue weighted by atomic mass is 31.0. The largest absolute Gasteiger partial charge is 0.451 e. The van der Waals surface area contributed by atoms with Crippen molar-refractivity contribution in [2.75, 3.05) is 0 Å². The minimum Gasteiger partial charge on any atom is -0.451 e. The van der Waals surface area contributed by atoms with Crippen molar-refractivity contribution >= 4 is 15.4 Å². The molecule has 4 fully saturated rings. The fourth-order valence-corrected chi connectivity index (χ4v) is 4.69. The second-order valence-corrected chi connectivity index (χ2v) is 5.97. The molecule has 4 rings (SSSR count). The molecule has 4 saturated carbocycles. The van der Waals surface area contributed by atoms with Gasteiger partial charge in [-0.3, -0.25) is 4.79 Å². The number of carbonyl (C=O) groups excluding carboxylic acids is 1. The molecule has 0 aliphatic heterocycles. The van der Waals surface area contributed by atoms with Crippen molar-refractivity contribution in [3.05, 3.63) is 0 Å². The first kappa shape index (κ1) is 10.0. The maximum atomic E-state index is 11.9. The van der Waals surface area contributed by atoms with Gasteiger partial charge in [0.2, 0.25) is 0 Å². The Labute approximate surface area is 92.4 Å². The maximum absolute atomic E-state index is 11.9. The lowest BCUT2D eigenvalue weighted by atomic mass is 9.48. The molecule has 0 aromatic heterocycles. The molecule has 0 spiro atoms. The molecule has 3 unspecified atom stereocenters. The number of hydrogen-bond acceptors (Lipinski definition) is 3. The molecule has 4 heteroatoms. The van der Waals surface area contributed by atoms with Gasteiger partial charge in [-0.15, -0.1) is 0 Å². The number of nitrogens with two attached hydrogens (primary N) is 1. The molecular weight excluding hydrogens is 209 g/mol. The molecule has 4 bridgehead atoms. The summed E-state index contributed by atoms with van der Waals surface area (Å²) in [6, 6.07) is 0.340. The Morgan fingerprint density at radius 2 is 1.87 bits per heavy atom. The highest BCUT2D eigenvalue weighted by Gasteiger charge is 2.58. The second-order valence-electron chi connectivity index (χ2n) is 5.73. The van der Waals surface area contributed by atoms with Crippen molar-refractivity contribution in [3.63, 3.8) is 0 Å². The van der Waals surface area contributed by atoms with E-state index in [4.69, 9.17) is 10.3 Å². The van der Waals surface area contributed by atoms with E-state index >= 15 is 0 Å². The third-order valence-electron chi connectivity index (χ3n) is 4.89. The van der Waals surface area contributed by atoms with Gasteiger partial charge in [-0.05, 0) is 49.9 Å². The van der Waals surface area contributed by atoms with Crippen LogP contribution in [0.4, 0.5) is 0 Å². The van der Waals surface area contributed by atoms with Crippen LogP contribution in [0.5, 0.6) is 0 Å². The van der Waals surface area contributed by atoms with E-state index in [1.165, 1.54) is 12.8 Å². The Bertz CT molecular complexity index is 291. The average molecular weight is 227 g/mol. The van der Waals surface area contributed by atoms with Gasteiger partial charge in [-0.2, -0.15) is 0 Å². The van der Waals surface area contributed by atoms with Gasteiger partial charge in [-0.25, -0.2) is 0 Å². The predicted octanol–water partition coefficient (Wildman–Crippen LogP) is 1.47. The highest BCUT2D eigenvalue weighted by molar-refractivity contribution is 7.10. The van der Waals surface area contributed by atoms with E-state index in [-0.39, 0.29) is 11.4 Å². The quantitative estimate of drug-likeness (QED) is 0.690. The summed E-state index contributed by atoms with van der Waals surface area (Å²) in [7, 11) is 2.10. The first-order valence-corrected chi connectivity index (χ1v) is 6.28. The summed E-state index contributed by atoms with van der Waals surface area (Å²) < 4.78 is 4.91. The van der Waals surface area contributed by atoms with E-state index in [9.17, 15) is 4.79 Å². The Balaban J connectivity index is 1.92. The van der Waals surface area contributed by atoms with Gasteiger partial charge in [0.25, 0.3) is 0 Å². The lowest BCUT2D eigenvalue weighted by Gasteiger charge is -2.57. The monoisotopic (exact) mass is 227 g/mol. The lowest BCUT2D eigenvalue weighted by Crippen LogP contribution is -2.58. The summed E-state index contributed by atoms with van der Waals surface area (Å²) >= 11 is 0. The van der Waals surface area contributed by atoms with Crippen molar-refractivity contribution in [2.45, 2.75) is 38.1 Å². The van der Waals surface area contributed by atoms with Gasteiger partial charge in [0.15, 0.2) is 0 Å². The maximum Gasteiger partial charge on any atom is 0.314 e. The first-order valence-electron chi connectivity index (χ1n) is 5.81. The van der Waals surface area contributed by atoms with E-state index < -0.39 is 0 Å². The van der Waals surface area contributed by atoms with E-state index in [2.05, 4.69) is 9.47 Å². The Morgan fingerprint density at radius 3 is 2.40 bits per heavy atom. The Hall–Kier alpha value is -0.140. The Kier molecular flexibility index (Phi) is 2.13. The van der Waals surface area contributed by atoms with Gasteiger partial charge in [0.1, 0.15) is 0 Å². The lowest BCUT2D eigenvalue weighted by molar-refractivity contribution is -0.161. The van der Waals surface area contributed by atoms with E-state index in [1.54, 1.807) is 0 Å². The van der Waals surface area contributed by atoms with Crippen molar-refractivity contribution in [1.82, 2.24) is 0 Å². The summed E-state index contributed by atoms with van der Waals surface area (Å²) in [5, 5.41) is 0. The van der Waals surface area contributed by atoms with Gasteiger partial charge >= 0.3 is 5.97 Å². The number of carbonyl (C=O) groups is 1. The zero-order chi connectivity index (χ0) is 10.6. The molecule has 0 amide bonds. The molecular formula is C11H18NO2P. The van der Waals surface area contributed by atoms with Gasteiger partial charge in [-0.1, -0.05) is 0 Å². The summed E-state index contributed by atoms with van der Waals surface area (Å²) in [4.78, 5) is 11.9. The minimum atomic E-state index is -0.172. The fraction of sp³-hybridized carbons (Fsp3) is 0.909. The van der Waals surface area contributed by atoms with E-state index in [0.29, 0.717) is 17.9 Å². The van der Waals surface area contributed by atoms with Gasteiger partial charge < -0.3 is 10.3 Å². The van der Waals surface area contributed by atoms with Crippen LogP contribution in [0, 0.1) is 23.2 Å². The molecule has 84 valence electrons. The predicted molar refractivity (Wildman–Crippen MR) is 59.8 cm³/mol. The van der Waals surface area contributed by atoms with Crippen molar-refractivity contribution < 1.29 is 9.32 Å². The molecule has 0 aromatic rings. The minimum absolute atomic E-state index is 0.0150. The van der Waals surface area contributed by atoms with Crippen LogP contribution in [0.25, 0.3) is 0 Å². The van der Waals surface area contributed by atoms with Crippen LogP contribution in [0.15, 0.2) is 0 Å². The standard InChI is InChI=1S/C11H18NO2P/c12-9-7-1-6-2-8(9)5-11(3-6,4-7)10(13)14-15/h6-9H,1-5,12,15H2. The third-order valence-corrected chi connectivity index (χ3v) is 5.10. The molecule has 0 radical (unpaired) electrons. The molecule has 4 aliphatic carbocycles. The molecule has 2 N–H and O–H groups in total. The van der Waals surface area contributed by atoms with Crippen molar-refractivity contribution in [1.29, 1.82) is 0 Å². The molecule has 3 atom stereocenters. The van der Waals surface area contributed by atoms with E-state index in [1.807, 2.05) is 0 Å². The Morgan fingerprint density at radius 1 is 1.27 bits per heavy atom. The third kappa shape index (κ3) is 1.29. The molecule has 4 aliphatic rings. The molecule has 3 nitrogen and oxygen atoms in total. The zero-order valence-electron chi connectivity index (χ0n) is 8.82. The topological polar surface area (TPSA) is 52.3 Å². The first-order chi connectivity index (χ1) is 7.14. The van der Waals surface area contributed by atoms with Crippen LogP contribution >= 0.6 is 9.47 Å². The fourth-order valence-electron chi connectivity index (χ4n) is 4.44. The second kappa shape index (κ2) is 3.18. The molecule has 0 heterocycles. The smallest absolute Gasteiger partial charge is 0.314 e. The van der Waals surface area contributed by atoms with Crippen LogP contribution in [0.2, 0.25) is 0 Å². The SMILES string of the molecule is NC1C2CC3CC1CC(C(=O)OP)(C3)C2. The molecule has 0 saturated heterocycles. The van der Waals surface area contributed by atoms with E-state index in [0.717, 1.165) is 25.2 Å². The number of hydrogen-bond donors (Lipinski definition) is 1. The van der Waals surface area contributed by atoms with Gasteiger partial charge in [0, 0.05) is 6.04 Å². The summed E-state index contributed by atoms with van der Waals surface area (Å²) in [6.07, 6.45) is 5.45. The van der Waals surface area contributed by atoms with Crippen LogP contribution in [-0.2, 0) is 9.32 Å². The van der Waals surface area contributed by atoms with Crippen molar-refractivity contribution in [3.8, 4) is 0 Å². The van der Waals surface area contributed by atoms with Crippen molar-refractivity contribution in [2.24, 2.45) is 28.9 Å². The van der Waals surface area contributed by atoms with Gasteiger partial charge in [0.05, 0.1) is 14.9 Å². The van der Waals surface area contributed by atoms with Crippen LogP contribution < -0.4 is 5.73 Å². The zero-order valence-corrected chi connectivity index (χ0v) is 9.97. The number of rotatable bonds is 1. The average Bonchev–Trinajstić information content (AvgIpc) is 2.23.